The Labute approximate surface area is 151 Å². The van der Waals surface area contributed by atoms with Crippen molar-refractivity contribution in [2.75, 3.05) is 52.9 Å². The Bertz CT molecular complexity index is 529. The van der Waals surface area contributed by atoms with E-state index >= 15 is 0 Å². The molecule has 2 aliphatic heterocycles. The molecule has 0 aliphatic carbocycles. The van der Waals surface area contributed by atoms with Crippen LogP contribution in [0.5, 0.6) is 0 Å². The van der Waals surface area contributed by atoms with Gasteiger partial charge in [0, 0.05) is 32.7 Å². The fourth-order valence-electron chi connectivity index (χ4n) is 3.78. The average molecular weight is 345 g/mol. The lowest BCUT2D eigenvalue weighted by Crippen LogP contribution is -2.48. The third-order valence-corrected chi connectivity index (χ3v) is 5.32. The van der Waals surface area contributed by atoms with Crippen molar-refractivity contribution in [3.8, 4) is 0 Å². The normalized spacial score (nSPS) is 22.9. The number of carbonyl (C=O) groups excluding carboxylic acids is 1. The second kappa shape index (κ2) is 9.32. The van der Waals surface area contributed by atoms with Crippen LogP contribution in [0.3, 0.4) is 0 Å². The predicted octanol–water partition coefficient (Wildman–Crippen LogP) is 1.39. The molecule has 1 aromatic carbocycles. The zero-order chi connectivity index (χ0) is 17.5. The van der Waals surface area contributed by atoms with E-state index in [2.05, 4.69) is 47.6 Å². The third-order valence-electron chi connectivity index (χ3n) is 5.32. The molecule has 25 heavy (non-hydrogen) atoms. The molecule has 0 saturated carbocycles. The number of piperidine rings is 1. The standard InChI is InChI=1S/C20H31N3O2/c1-22-11-12-25-19(16-22)14-21-15-20(24)23-9-7-18(8-10-23)13-17-5-3-2-4-6-17/h2-6,18-19,21H,7-16H2,1H3/t19-/m0/s1. The van der Waals surface area contributed by atoms with Crippen LogP contribution in [-0.4, -0.2) is 74.7 Å². The SMILES string of the molecule is CN1CCO[C@@H](CNCC(=O)N2CCC(Cc3ccccc3)CC2)C1. The van der Waals surface area contributed by atoms with Crippen LogP contribution in [0.4, 0.5) is 0 Å². The van der Waals surface area contributed by atoms with Crippen molar-refractivity contribution < 1.29 is 9.53 Å². The first-order chi connectivity index (χ1) is 12.2. The lowest BCUT2D eigenvalue weighted by molar-refractivity contribution is -0.131. The first-order valence-electron chi connectivity index (χ1n) is 9.53. The van der Waals surface area contributed by atoms with E-state index in [4.69, 9.17) is 4.74 Å². The molecule has 0 radical (unpaired) electrons. The molecule has 0 aromatic heterocycles. The van der Waals surface area contributed by atoms with E-state index in [1.54, 1.807) is 0 Å². The van der Waals surface area contributed by atoms with E-state index in [0.29, 0.717) is 12.5 Å². The van der Waals surface area contributed by atoms with Crippen molar-refractivity contribution in [3.05, 3.63) is 35.9 Å². The minimum atomic E-state index is 0.197. The molecule has 0 spiro atoms. The van der Waals surface area contributed by atoms with E-state index < -0.39 is 0 Å². The topological polar surface area (TPSA) is 44.8 Å². The number of carbonyl (C=O) groups is 1. The number of nitrogens with one attached hydrogen (secondary N) is 1. The average Bonchev–Trinajstić information content (AvgIpc) is 2.63. The number of nitrogens with zero attached hydrogens (tertiary/aromatic N) is 2. The second-order valence-electron chi connectivity index (χ2n) is 7.40. The van der Waals surface area contributed by atoms with Crippen molar-refractivity contribution in [3.63, 3.8) is 0 Å². The summed E-state index contributed by atoms with van der Waals surface area (Å²) in [6.45, 7) is 5.67. The Morgan fingerprint density at radius 1 is 1.20 bits per heavy atom. The highest BCUT2D eigenvalue weighted by Crippen LogP contribution is 2.21. The van der Waals surface area contributed by atoms with Gasteiger partial charge in [-0.1, -0.05) is 30.3 Å². The van der Waals surface area contributed by atoms with Crippen LogP contribution in [0.25, 0.3) is 0 Å². The number of rotatable bonds is 6. The van der Waals surface area contributed by atoms with Crippen molar-refractivity contribution >= 4 is 5.91 Å². The van der Waals surface area contributed by atoms with Gasteiger partial charge in [0.2, 0.25) is 5.91 Å². The molecule has 1 amide bonds. The smallest absolute Gasteiger partial charge is 0.236 e. The summed E-state index contributed by atoms with van der Waals surface area (Å²) >= 11 is 0. The highest BCUT2D eigenvalue weighted by atomic mass is 16.5. The van der Waals surface area contributed by atoms with Crippen LogP contribution >= 0.6 is 0 Å². The molecule has 0 bridgehead atoms. The van der Waals surface area contributed by atoms with E-state index in [9.17, 15) is 4.79 Å². The number of likely N-dealkylation sites (N-methyl/N-ethyl adjacent to an activating group) is 1. The Kier molecular flexibility index (Phi) is 6.84. The number of benzene rings is 1. The van der Waals surface area contributed by atoms with Crippen LogP contribution in [0.2, 0.25) is 0 Å². The molecule has 5 heteroatoms. The molecule has 1 aromatic rings. The lowest BCUT2D eigenvalue weighted by atomic mass is 9.90. The van der Waals surface area contributed by atoms with Crippen molar-refractivity contribution in [2.45, 2.75) is 25.4 Å². The molecule has 1 N–H and O–H groups in total. The number of likely N-dealkylation sites (tertiary alicyclic amines) is 1. The lowest BCUT2D eigenvalue weighted by Gasteiger charge is -2.33. The Hall–Kier alpha value is -1.43. The van der Waals surface area contributed by atoms with Gasteiger partial charge in [-0.3, -0.25) is 4.79 Å². The number of ether oxygens (including phenoxy) is 1. The summed E-state index contributed by atoms with van der Waals surface area (Å²) in [4.78, 5) is 16.7. The predicted molar refractivity (Wildman–Crippen MR) is 99.6 cm³/mol. The van der Waals surface area contributed by atoms with Crippen LogP contribution in [0.1, 0.15) is 18.4 Å². The van der Waals surface area contributed by atoms with Gasteiger partial charge >= 0.3 is 0 Å². The minimum Gasteiger partial charge on any atom is -0.374 e. The van der Waals surface area contributed by atoms with E-state index in [-0.39, 0.29) is 12.0 Å². The summed E-state index contributed by atoms with van der Waals surface area (Å²) in [5.74, 6) is 0.924. The number of morpholine rings is 1. The monoisotopic (exact) mass is 345 g/mol. The van der Waals surface area contributed by atoms with Crippen LogP contribution < -0.4 is 5.32 Å². The number of hydrogen-bond donors (Lipinski definition) is 1. The van der Waals surface area contributed by atoms with Gasteiger partial charge in [0.25, 0.3) is 0 Å². The molecule has 2 heterocycles. The summed E-state index contributed by atoms with van der Waals surface area (Å²) < 4.78 is 5.72. The van der Waals surface area contributed by atoms with Gasteiger partial charge in [-0.05, 0) is 37.8 Å². The van der Waals surface area contributed by atoms with Crippen LogP contribution in [0.15, 0.2) is 30.3 Å². The van der Waals surface area contributed by atoms with E-state index in [0.717, 1.165) is 58.6 Å². The van der Waals surface area contributed by atoms with Gasteiger partial charge in [0.15, 0.2) is 0 Å². The van der Waals surface area contributed by atoms with Gasteiger partial charge in [0.1, 0.15) is 0 Å². The van der Waals surface area contributed by atoms with E-state index in [1.807, 2.05) is 4.90 Å². The summed E-state index contributed by atoms with van der Waals surface area (Å²) in [5.41, 5.74) is 1.41. The molecule has 5 nitrogen and oxygen atoms in total. The maximum atomic E-state index is 12.4. The summed E-state index contributed by atoms with van der Waals surface area (Å²) in [6, 6.07) is 10.7. The Morgan fingerprint density at radius 2 is 1.96 bits per heavy atom. The van der Waals surface area contributed by atoms with Crippen molar-refractivity contribution in [2.24, 2.45) is 5.92 Å². The fraction of sp³-hybridized carbons (Fsp3) is 0.650. The Morgan fingerprint density at radius 3 is 2.68 bits per heavy atom. The molecule has 2 saturated heterocycles. The second-order valence-corrected chi connectivity index (χ2v) is 7.40. The zero-order valence-electron chi connectivity index (χ0n) is 15.3. The molecular formula is C20H31N3O2. The molecule has 2 aliphatic rings. The summed E-state index contributed by atoms with van der Waals surface area (Å²) in [7, 11) is 2.11. The number of amides is 1. The Balaban J connectivity index is 1.32. The van der Waals surface area contributed by atoms with E-state index in [1.165, 1.54) is 5.56 Å². The van der Waals surface area contributed by atoms with Gasteiger partial charge in [0.05, 0.1) is 19.3 Å². The molecule has 2 fully saturated rings. The zero-order valence-corrected chi connectivity index (χ0v) is 15.3. The maximum Gasteiger partial charge on any atom is 0.236 e. The summed E-state index contributed by atoms with van der Waals surface area (Å²) in [5, 5.41) is 3.28. The van der Waals surface area contributed by atoms with Crippen LogP contribution in [0, 0.1) is 5.92 Å². The van der Waals surface area contributed by atoms with Gasteiger partial charge in [-0.15, -0.1) is 0 Å². The molecular weight excluding hydrogens is 314 g/mol. The molecule has 138 valence electrons. The first-order valence-corrected chi connectivity index (χ1v) is 9.53. The van der Waals surface area contributed by atoms with Crippen LogP contribution in [-0.2, 0) is 16.0 Å². The fourth-order valence-corrected chi connectivity index (χ4v) is 3.78. The highest BCUT2D eigenvalue weighted by Gasteiger charge is 2.23. The molecule has 1 atom stereocenters. The molecule has 3 rings (SSSR count). The van der Waals surface area contributed by atoms with Gasteiger partial charge in [-0.25, -0.2) is 0 Å². The maximum absolute atomic E-state index is 12.4. The third kappa shape index (κ3) is 5.80. The highest BCUT2D eigenvalue weighted by molar-refractivity contribution is 5.78. The van der Waals surface area contributed by atoms with Gasteiger partial charge in [-0.2, -0.15) is 0 Å². The summed E-state index contributed by atoms with van der Waals surface area (Å²) in [6.07, 6.45) is 3.55. The largest absolute Gasteiger partial charge is 0.374 e. The van der Waals surface area contributed by atoms with Crippen molar-refractivity contribution in [1.29, 1.82) is 0 Å². The van der Waals surface area contributed by atoms with Crippen molar-refractivity contribution in [1.82, 2.24) is 15.1 Å². The number of hydrogen-bond acceptors (Lipinski definition) is 4. The molecule has 0 unspecified atom stereocenters. The minimum absolute atomic E-state index is 0.197. The quantitative estimate of drug-likeness (QED) is 0.846. The first kappa shape index (κ1) is 18.4. The van der Waals surface area contributed by atoms with Gasteiger partial charge < -0.3 is 19.9 Å².